The van der Waals surface area contributed by atoms with Gasteiger partial charge in [-0.2, -0.15) is 0 Å². The van der Waals surface area contributed by atoms with Crippen molar-refractivity contribution in [3.63, 3.8) is 0 Å². The van der Waals surface area contributed by atoms with Gasteiger partial charge in [0.15, 0.2) is 11.5 Å². The van der Waals surface area contributed by atoms with E-state index < -0.39 is 0 Å². The summed E-state index contributed by atoms with van der Waals surface area (Å²) in [5.41, 5.74) is 2.94. The summed E-state index contributed by atoms with van der Waals surface area (Å²) in [6.45, 7) is 7.79. The molecule has 0 aliphatic carbocycles. The molecule has 0 fully saturated rings. The average molecular weight is 449 g/mol. The van der Waals surface area contributed by atoms with E-state index in [9.17, 15) is 4.79 Å². The highest BCUT2D eigenvalue weighted by Gasteiger charge is 2.11. The Kier molecular flexibility index (Phi) is 8.80. The lowest BCUT2D eigenvalue weighted by Crippen LogP contribution is -2.26. The third-order valence-corrected chi connectivity index (χ3v) is 5.49. The molecule has 2 aromatic carbocycles. The first-order valence-corrected chi connectivity index (χ1v) is 10.3. The van der Waals surface area contributed by atoms with Gasteiger partial charge in [0, 0.05) is 23.1 Å². The number of hydrogen-bond donors (Lipinski definition) is 1. The predicted octanol–water partition coefficient (Wildman–Crippen LogP) is 4.28. The normalized spacial score (nSPS) is 10.8. The number of nitrogens with zero attached hydrogens (tertiary/aromatic N) is 1. The second kappa shape index (κ2) is 11.1. The van der Waals surface area contributed by atoms with Crippen LogP contribution in [-0.4, -0.2) is 44.7 Å². The highest BCUT2D eigenvalue weighted by Crippen LogP contribution is 2.33. The van der Waals surface area contributed by atoms with Crippen molar-refractivity contribution in [3.05, 3.63) is 57.6 Å². The van der Waals surface area contributed by atoms with Crippen molar-refractivity contribution in [2.24, 2.45) is 0 Å². The van der Waals surface area contributed by atoms with E-state index in [4.69, 9.17) is 9.47 Å². The fraction of sp³-hybridized carbons (Fsp3) is 0.409. The molecular formula is C22H29BrN2O3. The summed E-state index contributed by atoms with van der Waals surface area (Å²) < 4.78 is 11.6. The number of ether oxygens (including phenoxy) is 2. The van der Waals surface area contributed by atoms with E-state index >= 15 is 0 Å². The van der Waals surface area contributed by atoms with Gasteiger partial charge >= 0.3 is 0 Å². The zero-order valence-corrected chi connectivity index (χ0v) is 18.6. The first-order chi connectivity index (χ1) is 13.5. The Hall–Kier alpha value is -2.05. The molecule has 1 amide bonds. The van der Waals surface area contributed by atoms with E-state index in [0.29, 0.717) is 30.0 Å². The van der Waals surface area contributed by atoms with Gasteiger partial charge in [0.1, 0.15) is 0 Å². The maximum atomic E-state index is 12.4. The number of benzene rings is 2. The van der Waals surface area contributed by atoms with Crippen LogP contribution < -0.4 is 14.8 Å². The molecule has 1 N–H and O–H groups in total. The summed E-state index contributed by atoms with van der Waals surface area (Å²) >= 11 is 3.55. The fourth-order valence-electron chi connectivity index (χ4n) is 2.97. The van der Waals surface area contributed by atoms with E-state index in [-0.39, 0.29) is 5.91 Å². The lowest BCUT2D eigenvalue weighted by Gasteiger charge is -2.18. The monoisotopic (exact) mass is 448 g/mol. The second-order valence-electron chi connectivity index (χ2n) is 6.46. The Morgan fingerprint density at radius 2 is 1.64 bits per heavy atom. The van der Waals surface area contributed by atoms with E-state index in [1.54, 1.807) is 14.2 Å². The van der Waals surface area contributed by atoms with Crippen LogP contribution >= 0.6 is 15.9 Å². The Labute approximate surface area is 176 Å². The molecule has 0 unspecified atom stereocenters. The van der Waals surface area contributed by atoms with Crippen LogP contribution in [0.25, 0.3) is 0 Å². The van der Waals surface area contributed by atoms with Gasteiger partial charge in [0.2, 0.25) is 0 Å². The molecule has 0 aliphatic rings. The van der Waals surface area contributed by atoms with E-state index in [1.807, 2.05) is 36.4 Å². The molecular weight excluding hydrogens is 420 g/mol. The van der Waals surface area contributed by atoms with Crippen molar-refractivity contribution in [1.82, 2.24) is 10.2 Å². The minimum Gasteiger partial charge on any atom is -0.493 e. The summed E-state index contributed by atoms with van der Waals surface area (Å²) in [4.78, 5) is 14.8. The minimum atomic E-state index is -0.0639. The van der Waals surface area contributed by atoms with Crippen molar-refractivity contribution in [2.75, 3.05) is 33.9 Å². The third-order valence-electron chi connectivity index (χ3n) is 4.75. The standard InChI is InChI=1S/C22H29BrN2O3/c1-5-25(6-2)15-16-7-9-17(10-8-16)22(26)24-12-11-18-13-20(27-3)21(28-4)14-19(18)23/h7-10,13-14H,5-6,11-12,15H2,1-4H3,(H,24,26). The molecule has 0 radical (unpaired) electrons. The van der Waals surface area contributed by atoms with E-state index in [0.717, 1.165) is 29.7 Å². The first kappa shape index (κ1) is 22.2. The van der Waals surface area contributed by atoms with Gasteiger partial charge in [0.25, 0.3) is 5.91 Å². The summed E-state index contributed by atoms with van der Waals surface area (Å²) in [6.07, 6.45) is 0.687. The van der Waals surface area contributed by atoms with Crippen molar-refractivity contribution in [1.29, 1.82) is 0 Å². The fourth-order valence-corrected chi connectivity index (χ4v) is 3.49. The minimum absolute atomic E-state index is 0.0639. The van der Waals surface area contributed by atoms with Crippen LogP contribution in [0.15, 0.2) is 40.9 Å². The lowest BCUT2D eigenvalue weighted by molar-refractivity contribution is 0.0954. The molecule has 0 aromatic heterocycles. The Balaban J connectivity index is 1.92. The lowest BCUT2D eigenvalue weighted by atomic mass is 10.1. The molecule has 152 valence electrons. The molecule has 28 heavy (non-hydrogen) atoms. The van der Waals surface area contributed by atoms with Crippen LogP contribution in [0.1, 0.15) is 35.3 Å². The molecule has 0 aliphatic heterocycles. The number of nitrogens with one attached hydrogen (secondary N) is 1. The molecule has 0 saturated heterocycles. The van der Waals surface area contributed by atoms with Gasteiger partial charge in [-0.25, -0.2) is 0 Å². The molecule has 2 rings (SSSR count). The van der Waals surface area contributed by atoms with Crippen LogP contribution in [0.4, 0.5) is 0 Å². The van der Waals surface area contributed by atoms with Crippen LogP contribution in [0.3, 0.4) is 0 Å². The first-order valence-electron chi connectivity index (χ1n) is 9.52. The number of amides is 1. The zero-order valence-electron chi connectivity index (χ0n) is 17.0. The van der Waals surface area contributed by atoms with E-state index in [1.165, 1.54) is 5.56 Å². The predicted molar refractivity (Wildman–Crippen MR) is 116 cm³/mol. The quantitative estimate of drug-likeness (QED) is 0.589. The molecule has 0 heterocycles. The van der Waals surface area contributed by atoms with Gasteiger partial charge in [-0.15, -0.1) is 0 Å². The average Bonchev–Trinajstić information content (AvgIpc) is 2.73. The number of carbonyl (C=O) groups is 1. The summed E-state index contributed by atoms with van der Waals surface area (Å²) in [7, 11) is 3.22. The van der Waals surface area contributed by atoms with Crippen molar-refractivity contribution in [3.8, 4) is 11.5 Å². The topological polar surface area (TPSA) is 50.8 Å². The maximum Gasteiger partial charge on any atom is 0.251 e. The largest absolute Gasteiger partial charge is 0.493 e. The van der Waals surface area contributed by atoms with Gasteiger partial charge in [0.05, 0.1) is 14.2 Å². The summed E-state index contributed by atoms with van der Waals surface area (Å²) in [6, 6.07) is 11.6. The molecule has 0 atom stereocenters. The molecule has 5 nitrogen and oxygen atoms in total. The number of carbonyl (C=O) groups excluding carboxylic acids is 1. The molecule has 6 heteroatoms. The van der Waals surface area contributed by atoms with Crippen LogP contribution in [0, 0.1) is 0 Å². The van der Waals surface area contributed by atoms with Crippen LogP contribution in [0.2, 0.25) is 0 Å². The Bertz CT molecular complexity index is 774. The van der Waals surface area contributed by atoms with Gasteiger partial charge < -0.3 is 14.8 Å². The van der Waals surface area contributed by atoms with Gasteiger partial charge in [-0.3, -0.25) is 9.69 Å². The van der Waals surface area contributed by atoms with Crippen molar-refractivity contribution < 1.29 is 14.3 Å². The van der Waals surface area contributed by atoms with Crippen LogP contribution in [0.5, 0.6) is 11.5 Å². The van der Waals surface area contributed by atoms with Crippen LogP contribution in [-0.2, 0) is 13.0 Å². The Morgan fingerprint density at radius 1 is 1.04 bits per heavy atom. The van der Waals surface area contributed by atoms with Gasteiger partial charge in [-0.05, 0) is 54.9 Å². The maximum absolute atomic E-state index is 12.4. The van der Waals surface area contributed by atoms with E-state index in [2.05, 4.69) is 40.0 Å². The molecule has 0 saturated carbocycles. The summed E-state index contributed by atoms with van der Waals surface area (Å²) in [5, 5.41) is 2.98. The molecule has 0 spiro atoms. The Morgan fingerprint density at radius 3 is 2.21 bits per heavy atom. The van der Waals surface area contributed by atoms with Gasteiger partial charge in [-0.1, -0.05) is 41.9 Å². The molecule has 0 bridgehead atoms. The molecule has 2 aromatic rings. The van der Waals surface area contributed by atoms with Crippen molar-refractivity contribution >= 4 is 21.8 Å². The number of hydrogen-bond acceptors (Lipinski definition) is 4. The number of methoxy groups -OCH3 is 2. The highest BCUT2D eigenvalue weighted by atomic mass is 79.9. The smallest absolute Gasteiger partial charge is 0.251 e. The number of rotatable bonds is 10. The van der Waals surface area contributed by atoms with Crippen molar-refractivity contribution in [2.45, 2.75) is 26.8 Å². The third kappa shape index (κ3) is 5.97. The highest BCUT2D eigenvalue weighted by molar-refractivity contribution is 9.10. The zero-order chi connectivity index (χ0) is 20.5. The SMILES string of the molecule is CCN(CC)Cc1ccc(C(=O)NCCc2cc(OC)c(OC)cc2Br)cc1. The summed E-state index contributed by atoms with van der Waals surface area (Å²) in [5.74, 6) is 1.29. The number of halogens is 1. The second-order valence-corrected chi connectivity index (χ2v) is 7.32.